The Bertz CT molecular complexity index is 199. The zero-order valence-electron chi connectivity index (χ0n) is 10.5. The van der Waals surface area contributed by atoms with Gasteiger partial charge in [0.1, 0.15) is 5.78 Å². The Morgan fingerprint density at radius 2 is 2.00 bits per heavy atom. The zero-order chi connectivity index (χ0) is 11.8. The lowest BCUT2D eigenvalue weighted by Crippen LogP contribution is -2.19. The minimum atomic E-state index is -0.0814. The molecule has 3 heteroatoms. The van der Waals surface area contributed by atoms with Crippen molar-refractivity contribution in [3.8, 4) is 0 Å². The number of Topliss-reactive ketones (excluding diaryl/α,β-unsaturated/α-hetero) is 1. The average molecular weight is 228 g/mol. The number of carbonyl (C=O) groups excluding carboxylic acids is 1. The summed E-state index contributed by atoms with van der Waals surface area (Å²) in [7, 11) is 3.33. The van der Waals surface area contributed by atoms with E-state index >= 15 is 0 Å². The van der Waals surface area contributed by atoms with Crippen molar-refractivity contribution in [1.82, 2.24) is 0 Å². The number of hydrogen-bond donors (Lipinski definition) is 0. The first-order valence-corrected chi connectivity index (χ1v) is 6.36. The molecule has 1 saturated carbocycles. The molecule has 0 bridgehead atoms. The van der Waals surface area contributed by atoms with E-state index in [1.165, 1.54) is 6.42 Å². The fourth-order valence-electron chi connectivity index (χ4n) is 2.39. The van der Waals surface area contributed by atoms with Crippen LogP contribution in [0.2, 0.25) is 0 Å². The molecule has 0 spiro atoms. The largest absolute Gasteiger partial charge is 0.356 e. The quantitative estimate of drug-likeness (QED) is 0.496. The van der Waals surface area contributed by atoms with E-state index in [1.54, 1.807) is 14.2 Å². The molecule has 3 nitrogen and oxygen atoms in total. The summed E-state index contributed by atoms with van der Waals surface area (Å²) in [5.74, 6) is 0.832. The molecule has 1 aliphatic carbocycles. The van der Waals surface area contributed by atoms with Crippen LogP contribution in [0.1, 0.15) is 51.4 Å². The van der Waals surface area contributed by atoms with Crippen LogP contribution in [0.4, 0.5) is 0 Å². The predicted octanol–water partition coefficient (Wildman–Crippen LogP) is 2.93. The number of ether oxygens (including phenoxy) is 2. The van der Waals surface area contributed by atoms with Gasteiger partial charge in [-0.3, -0.25) is 4.79 Å². The second-order valence-corrected chi connectivity index (χ2v) is 4.59. The van der Waals surface area contributed by atoms with E-state index < -0.39 is 0 Å². The van der Waals surface area contributed by atoms with Crippen LogP contribution in [-0.4, -0.2) is 26.3 Å². The van der Waals surface area contributed by atoms with Crippen LogP contribution < -0.4 is 0 Å². The summed E-state index contributed by atoms with van der Waals surface area (Å²) < 4.78 is 10.2. The van der Waals surface area contributed by atoms with Crippen molar-refractivity contribution in [1.29, 1.82) is 0 Å². The van der Waals surface area contributed by atoms with Crippen molar-refractivity contribution >= 4 is 5.78 Å². The van der Waals surface area contributed by atoms with Gasteiger partial charge in [-0.05, 0) is 32.1 Å². The van der Waals surface area contributed by atoms with Gasteiger partial charge in [0.2, 0.25) is 0 Å². The molecule has 1 rings (SSSR count). The van der Waals surface area contributed by atoms with E-state index in [4.69, 9.17) is 9.47 Å². The van der Waals surface area contributed by atoms with E-state index in [0.29, 0.717) is 11.7 Å². The normalized spacial score (nSPS) is 21.7. The van der Waals surface area contributed by atoms with Crippen molar-refractivity contribution in [2.75, 3.05) is 14.2 Å². The molecular formula is C13H24O3. The molecule has 1 atom stereocenters. The molecule has 0 aromatic heterocycles. The summed E-state index contributed by atoms with van der Waals surface area (Å²) in [5.41, 5.74) is 0. The summed E-state index contributed by atoms with van der Waals surface area (Å²) in [6, 6.07) is 0. The molecule has 0 amide bonds. The minimum Gasteiger partial charge on any atom is -0.356 e. The van der Waals surface area contributed by atoms with Crippen LogP contribution in [0, 0.1) is 5.92 Å². The molecular weight excluding hydrogens is 204 g/mol. The van der Waals surface area contributed by atoms with E-state index in [2.05, 4.69) is 0 Å². The molecule has 0 saturated heterocycles. The zero-order valence-corrected chi connectivity index (χ0v) is 10.5. The highest BCUT2D eigenvalue weighted by Gasteiger charge is 2.21. The van der Waals surface area contributed by atoms with E-state index in [-0.39, 0.29) is 6.29 Å². The van der Waals surface area contributed by atoms with Crippen LogP contribution >= 0.6 is 0 Å². The third kappa shape index (κ3) is 4.62. The highest BCUT2D eigenvalue weighted by atomic mass is 16.7. The summed E-state index contributed by atoms with van der Waals surface area (Å²) in [6.07, 6.45) is 8.34. The molecule has 1 aliphatic rings. The smallest absolute Gasteiger partial charge is 0.156 e. The molecule has 0 aromatic rings. The van der Waals surface area contributed by atoms with Crippen molar-refractivity contribution in [3.63, 3.8) is 0 Å². The Hall–Kier alpha value is -0.410. The lowest BCUT2D eigenvalue weighted by Gasteiger charge is -2.20. The highest BCUT2D eigenvalue weighted by Crippen LogP contribution is 2.25. The molecule has 0 aliphatic heterocycles. The van der Waals surface area contributed by atoms with Crippen LogP contribution in [0.25, 0.3) is 0 Å². The first-order valence-electron chi connectivity index (χ1n) is 6.36. The van der Waals surface area contributed by atoms with Crippen LogP contribution in [0.5, 0.6) is 0 Å². The fourth-order valence-corrected chi connectivity index (χ4v) is 2.39. The van der Waals surface area contributed by atoms with Crippen LogP contribution in [0.3, 0.4) is 0 Å². The first kappa shape index (κ1) is 13.7. The van der Waals surface area contributed by atoms with Crippen molar-refractivity contribution < 1.29 is 14.3 Å². The molecule has 0 radical (unpaired) electrons. The Kier molecular flexibility index (Phi) is 6.65. The molecule has 0 heterocycles. The summed E-state index contributed by atoms with van der Waals surface area (Å²) in [6.45, 7) is 0. The van der Waals surface area contributed by atoms with Gasteiger partial charge in [0.15, 0.2) is 6.29 Å². The molecule has 1 unspecified atom stereocenters. The Morgan fingerprint density at radius 3 is 2.62 bits per heavy atom. The topological polar surface area (TPSA) is 35.5 Å². The summed E-state index contributed by atoms with van der Waals surface area (Å²) in [4.78, 5) is 11.6. The molecule has 16 heavy (non-hydrogen) atoms. The van der Waals surface area contributed by atoms with Gasteiger partial charge < -0.3 is 9.47 Å². The number of unbranched alkanes of at least 4 members (excludes halogenated alkanes) is 1. The van der Waals surface area contributed by atoms with Crippen LogP contribution in [0.15, 0.2) is 0 Å². The first-order chi connectivity index (χ1) is 7.77. The van der Waals surface area contributed by atoms with Crippen molar-refractivity contribution in [2.24, 2.45) is 5.92 Å². The number of methoxy groups -OCH3 is 2. The Balaban J connectivity index is 2.08. The average Bonchev–Trinajstić information content (AvgIpc) is 2.31. The molecule has 0 aromatic carbocycles. The van der Waals surface area contributed by atoms with Crippen LogP contribution in [-0.2, 0) is 14.3 Å². The molecule has 0 N–H and O–H groups in total. The van der Waals surface area contributed by atoms with Gasteiger partial charge in [-0.1, -0.05) is 12.8 Å². The van der Waals surface area contributed by atoms with Crippen molar-refractivity contribution in [3.05, 3.63) is 0 Å². The highest BCUT2D eigenvalue weighted by molar-refractivity contribution is 5.81. The maximum atomic E-state index is 11.6. The van der Waals surface area contributed by atoms with E-state index in [9.17, 15) is 4.79 Å². The number of hydrogen-bond acceptors (Lipinski definition) is 3. The van der Waals surface area contributed by atoms with E-state index in [1.807, 2.05) is 0 Å². The van der Waals surface area contributed by atoms with Crippen molar-refractivity contribution in [2.45, 2.75) is 57.7 Å². The van der Waals surface area contributed by atoms with Gasteiger partial charge in [0, 0.05) is 26.6 Å². The lowest BCUT2D eigenvalue weighted by molar-refractivity contribution is -0.124. The van der Waals surface area contributed by atoms with E-state index in [0.717, 1.165) is 44.9 Å². The number of ketones is 1. The second kappa shape index (κ2) is 7.80. The third-order valence-corrected chi connectivity index (χ3v) is 3.45. The molecule has 1 fully saturated rings. The second-order valence-electron chi connectivity index (χ2n) is 4.59. The van der Waals surface area contributed by atoms with Gasteiger partial charge in [-0.15, -0.1) is 0 Å². The minimum absolute atomic E-state index is 0.0814. The number of rotatable bonds is 7. The van der Waals surface area contributed by atoms with Gasteiger partial charge >= 0.3 is 0 Å². The maximum absolute atomic E-state index is 11.6. The monoisotopic (exact) mass is 228 g/mol. The van der Waals surface area contributed by atoms with Gasteiger partial charge in [0.05, 0.1) is 0 Å². The SMILES string of the molecule is COC(CCCCC1CCCCC1=O)OC. The Labute approximate surface area is 98.5 Å². The lowest BCUT2D eigenvalue weighted by atomic mass is 9.84. The Morgan fingerprint density at radius 1 is 1.25 bits per heavy atom. The summed E-state index contributed by atoms with van der Waals surface area (Å²) >= 11 is 0. The standard InChI is InChI=1S/C13H24O3/c1-15-13(16-2)10-6-4-8-11-7-3-5-9-12(11)14/h11,13H,3-10H2,1-2H3. The van der Waals surface area contributed by atoms with Gasteiger partial charge in [0.25, 0.3) is 0 Å². The van der Waals surface area contributed by atoms with Gasteiger partial charge in [-0.2, -0.15) is 0 Å². The van der Waals surface area contributed by atoms with Gasteiger partial charge in [-0.25, -0.2) is 0 Å². The summed E-state index contributed by atoms with van der Waals surface area (Å²) in [5, 5.41) is 0. The molecule has 94 valence electrons. The maximum Gasteiger partial charge on any atom is 0.156 e. The fraction of sp³-hybridized carbons (Fsp3) is 0.923. The number of carbonyl (C=O) groups is 1. The third-order valence-electron chi connectivity index (χ3n) is 3.45. The predicted molar refractivity (Wildman–Crippen MR) is 63.2 cm³/mol.